The normalized spacial score (nSPS) is 13.8. The lowest BCUT2D eigenvalue weighted by Gasteiger charge is -2.13. The van der Waals surface area contributed by atoms with Gasteiger partial charge in [0.1, 0.15) is 17.3 Å². The van der Waals surface area contributed by atoms with E-state index >= 15 is 0 Å². The Balaban J connectivity index is 1.52. The van der Waals surface area contributed by atoms with E-state index in [4.69, 9.17) is 11.6 Å². The quantitative estimate of drug-likeness (QED) is 0.711. The van der Waals surface area contributed by atoms with Crippen LogP contribution < -0.4 is 10.6 Å². The predicted molar refractivity (Wildman–Crippen MR) is 101 cm³/mol. The molecule has 26 heavy (non-hydrogen) atoms. The van der Waals surface area contributed by atoms with Crippen LogP contribution in [-0.4, -0.2) is 22.4 Å². The highest BCUT2D eigenvalue weighted by Gasteiger charge is 2.10. The van der Waals surface area contributed by atoms with Crippen LogP contribution in [0.15, 0.2) is 42.2 Å². The van der Waals surface area contributed by atoms with Crippen LogP contribution >= 0.6 is 11.6 Å². The minimum absolute atomic E-state index is 0.0542. The van der Waals surface area contributed by atoms with Gasteiger partial charge in [-0.2, -0.15) is 0 Å². The molecule has 0 spiro atoms. The first kappa shape index (κ1) is 18.3. The fourth-order valence-electron chi connectivity index (χ4n) is 2.79. The topological polar surface area (TPSA) is 66.9 Å². The zero-order valence-corrected chi connectivity index (χ0v) is 15.0. The van der Waals surface area contributed by atoms with Crippen LogP contribution in [0.2, 0.25) is 5.02 Å². The molecular weight excluding hydrogens is 355 g/mol. The van der Waals surface area contributed by atoms with Gasteiger partial charge in [0.15, 0.2) is 0 Å². The number of amides is 1. The van der Waals surface area contributed by atoms with Crippen LogP contribution in [0, 0.1) is 5.82 Å². The highest BCUT2D eigenvalue weighted by atomic mass is 35.5. The fourth-order valence-corrected chi connectivity index (χ4v) is 2.97. The Hall–Kier alpha value is -2.47. The summed E-state index contributed by atoms with van der Waals surface area (Å²) in [7, 11) is 0. The third-order valence-electron chi connectivity index (χ3n) is 4.20. The van der Waals surface area contributed by atoms with E-state index in [1.807, 2.05) is 0 Å². The number of hydrogen-bond acceptors (Lipinski definition) is 4. The maximum absolute atomic E-state index is 13.1. The lowest BCUT2D eigenvalue weighted by molar-refractivity contribution is 0.102. The van der Waals surface area contributed by atoms with Crippen LogP contribution in [0.5, 0.6) is 0 Å². The monoisotopic (exact) mass is 374 g/mol. The SMILES string of the molecule is O=C(Nc1ccc(F)c(Cl)c1)c1cnc(NCCC2=CCCCC2)cn1. The molecule has 0 unspecified atom stereocenters. The Morgan fingerprint density at radius 1 is 1.23 bits per heavy atom. The maximum Gasteiger partial charge on any atom is 0.275 e. The molecule has 3 rings (SSSR count). The van der Waals surface area contributed by atoms with Crippen molar-refractivity contribution in [2.75, 3.05) is 17.2 Å². The van der Waals surface area contributed by atoms with Gasteiger partial charge >= 0.3 is 0 Å². The molecule has 0 fully saturated rings. The summed E-state index contributed by atoms with van der Waals surface area (Å²) in [5, 5.41) is 5.77. The van der Waals surface area contributed by atoms with E-state index in [9.17, 15) is 9.18 Å². The molecule has 0 saturated carbocycles. The van der Waals surface area contributed by atoms with E-state index in [1.54, 1.807) is 0 Å². The molecule has 0 saturated heterocycles. The second-order valence-electron chi connectivity index (χ2n) is 6.15. The number of benzene rings is 1. The van der Waals surface area contributed by atoms with Crippen LogP contribution in [0.1, 0.15) is 42.6 Å². The minimum Gasteiger partial charge on any atom is -0.368 e. The summed E-state index contributed by atoms with van der Waals surface area (Å²) >= 11 is 5.70. The molecule has 0 radical (unpaired) electrons. The van der Waals surface area contributed by atoms with Gasteiger partial charge in [-0.25, -0.2) is 14.4 Å². The molecule has 1 aliphatic carbocycles. The van der Waals surface area contributed by atoms with Gasteiger partial charge in [0, 0.05) is 12.2 Å². The van der Waals surface area contributed by atoms with Crippen molar-refractivity contribution in [2.45, 2.75) is 32.1 Å². The average molecular weight is 375 g/mol. The predicted octanol–water partition coefficient (Wildman–Crippen LogP) is 4.82. The van der Waals surface area contributed by atoms with Gasteiger partial charge in [-0.3, -0.25) is 4.79 Å². The van der Waals surface area contributed by atoms with Gasteiger partial charge in [-0.1, -0.05) is 23.3 Å². The van der Waals surface area contributed by atoms with E-state index in [-0.39, 0.29) is 10.7 Å². The Kier molecular flexibility index (Phi) is 6.17. The number of nitrogens with zero attached hydrogens (tertiary/aromatic N) is 2. The molecule has 1 aromatic heterocycles. The van der Waals surface area contributed by atoms with Gasteiger partial charge < -0.3 is 10.6 Å². The van der Waals surface area contributed by atoms with Crippen molar-refractivity contribution in [3.05, 3.63) is 58.8 Å². The molecule has 136 valence electrons. The second-order valence-corrected chi connectivity index (χ2v) is 6.56. The number of anilines is 2. The van der Waals surface area contributed by atoms with Crippen LogP contribution in [0.4, 0.5) is 15.9 Å². The van der Waals surface area contributed by atoms with Gasteiger partial charge in [-0.15, -0.1) is 0 Å². The van der Waals surface area contributed by atoms with Gasteiger partial charge in [0.25, 0.3) is 5.91 Å². The smallest absolute Gasteiger partial charge is 0.275 e. The Morgan fingerprint density at radius 3 is 2.81 bits per heavy atom. The number of hydrogen-bond donors (Lipinski definition) is 2. The summed E-state index contributed by atoms with van der Waals surface area (Å²) in [5.74, 6) is -0.342. The standard InChI is InChI=1S/C19H20ClFN4O/c20-15-10-14(6-7-16(15)21)25-19(26)17-11-24-18(12-23-17)22-9-8-13-4-2-1-3-5-13/h4,6-7,10-12H,1-3,5,8-9H2,(H,22,24)(H,25,26). The van der Waals surface area contributed by atoms with Gasteiger partial charge in [0.05, 0.1) is 17.4 Å². The van der Waals surface area contributed by atoms with E-state index in [0.29, 0.717) is 11.5 Å². The number of carbonyl (C=O) groups is 1. The van der Waals surface area contributed by atoms with E-state index in [1.165, 1.54) is 61.8 Å². The van der Waals surface area contributed by atoms with Crippen molar-refractivity contribution in [2.24, 2.45) is 0 Å². The molecule has 7 heteroatoms. The lowest BCUT2D eigenvalue weighted by atomic mass is 9.97. The zero-order valence-electron chi connectivity index (χ0n) is 14.3. The molecule has 5 nitrogen and oxygen atoms in total. The number of halogens is 2. The first-order valence-electron chi connectivity index (χ1n) is 8.62. The van der Waals surface area contributed by atoms with Crippen LogP contribution in [0.3, 0.4) is 0 Å². The molecule has 0 aliphatic heterocycles. The van der Waals surface area contributed by atoms with Crippen LogP contribution in [0.25, 0.3) is 0 Å². The molecule has 0 atom stereocenters. The number of allylic oxidation sites excluding steroid dienone is 1. The minimum atomic E-state index is -0.538. The number of rotatable bonds is 6. The van der Waals surface area contributed by atoms with Crippen LogP contribution in [-0.2, 0) is 0 Å². The van der Waals surface area contributed by atoms with Gasteiger partial charge in [0.2, 0.25) is 0 Å². The highest BCUT2D eigenvalue weighted by Crippen LogP contribution is 2.21. The van der Waals surface area contributed by atoms with Crippen molar-refractivity contribution in [3.63, 3.8) is 0 Å². The molecule has 1 aromatic carbocycles. The van der Waals surface area contributed by atoms with Gasteiger partial charge in [-0.05, 0) is 50.3 Å². The lowest BCUT2D eigenvalue weighted by Crippen LogP contribution is -2.15. The summed E-state index contributed by atoms with van der Waals surface area (Å²) < 4.78 is 13.1. The molecule has 2 N–H and O–H groups in total. The van der Waals surface area contributed by atoms with Crippen molar-refractivity contribution in [1.29, 1.82) is 0 Å². The van der Waals surface area contributed by atoms with Crippen molar-refractivity contribution in [3.8, 4) is 0 Å². The first-order valence-corrected chi connectivity index (χ1v) is 9.00. The largest absolute Gasteiger partial charge is 0.368 e. The molecule has 1 amide bonds. The van der Waals surface area contributed by atoms with E-state index < -0.39 is 11.7 Å². The van der Waals surface area contributed by atoms with E-state index in [0.717, 1.165) is 13.0 Å². The third kappa shape index (κ3) is 5.02. The number of nitrogens with one attached hydrogen (secondary N) is 2. The Labute approximate surface area is 156 Å². The molecule has 2 aromatic rings. The average Bonchev–Trinajstić information content (AvgIpc) is 2.66. The number of carbonyl (C=O) groups excluding carboxylic acids is 1. The highest BCUT2D eigenvalue weighted by molar-refractivity contribution is 6.31. The second kappa shape index (κ2) is 8.76. The van der Waals surface area contributed by atoms with Crippen molar-refractivity contribution >= 4 is 29.0 Å². The zero-order chi connectivity index (χ0) is 18.4. The Morgan fingerprint density at radius 2 is 2.12 bits per heavy atom. The van der Waals surface area contributed by atoms with E-state index in [2.05, 4.69) is 26.7 Å². The van der Waals surface area contributed by atoms with Crippen molar-refractivity contribution < 1.29 is 9.18 Å². The summed E-state index contributed by atoms with van der Waals surface area (Å²) in [6.45, 7) is 0.792. The number of aromatic nitrogens is 2. The first-order chi connectivity index (χ1) is 12.6. The summed E-state index contributed by atoms with van der Waals surface area (Å²) in [6.07, 6.45) is 11.2. The third-order valence-corrected chi connectivity index (χ3v) is 4.49. The maximum atomic E-state index is 13.1. The van der Waals surface area contributed by atoms with Crippen molar-refractivity contribution in [1.82, 2.24) is 9.97 Å². The molecule has 0 bridgehead atoms. The fraction of sp³-hybridized carbons (Fsp3) is 0.316. The summed E-state index contributed by atoms with van der Waals surface area (Å²) in [5.41, 5.74) is 2.06. The summed E-state index contributed by atoms with van der Waals surface area (Å²) in [4.78, 5) is 20.5. The summed E-state index contributed by atoms with van der Waals surface area (Å²) in [6, 6.07) is 3.97. The molecule has 1 heterocycles. The molecular formula is C19H20ClFN4O. The Bertz CT molecular complexity index is 808. The molecule has 1 aliphatic rings.